The van der Waals surface area contributed by atoms with Crippen molar-refractivity contribution < 1.29 is 13.9 Å². The largest absolute Gasteiger partial charge is 0.469 e. The Labute approximate surface area is 130 Å². The van der Waals surface area contributed by atoms with Crippen LogP contribution in [0.2, 0.25) is 5.28 Å². The number of amides is 1. The van der Waals surface area contributed by atoms with Crippen LogP contribution in [0.4, 0.5) is 4.39 Å². The number of carbonyl (C=O) groups is 1. The number of aromatic amines is 1. The molecule has 6 nitrogen and oxygen atoms in total. The maximum atomic E-state index is 14.1. The standard InChI is InChI=1S/C14H14ClFN4O2/c1-2-11(21)20-6-4-9(16)10(7-20)22-13-8-3-5-17-12(8)18-14(15)19-13/h2-3,5,9-10H,1,4,6-7H2,(H,17,18,19)/t9-,10-/m1/s1. The third-order valence-corrected chi connectivity index (χ3v) is 3.75. The highest BCUT2D eigenvalue weighted by Crippen LogP contribution is 2.27. The van der Waals surface area contributed by atoms with Crippen molar-refractivity contribution in [2.24, 2.45) is 0 Å². The Balaban J connectivity index is 1.85. The summed E-state index contributed by atoms with van der Waals surface area (Å²) >= 11 is 5.84. The molecule has 2 atom stereocenters. The molecule has 116 valence electrons. The van der Waals surface area contributed by atoms with E-state index in [4.69, 9.17) is 16.3 Å². The average molecular weight is 325 g/mol. The number of nitrogens with zero attached hydrogens (tertiary/aromatic N) is 3. The summed E-state index contributed by atoms with van der Waals surface area (Å²) < 4.78 is 19.8. The molecular formula is C14H14ClFN4O2. The van der Waals surface area contributed by atoms with Gasteiger partial charge in [-0.05, 0) is 30.2 Å². The van der Waals surface area contributed by atoms with Gasteiger partial charge in [-0.25, -0.2) is 4.39 Å². The van der Waals surface area contributed by atoms with Crippen molar-refractivity contribution in [2.75, 3.05) is 13.1 Å². The number of carbonyl (C=O) groups excluding carboxylic acids is 1. The van der Waals surface area contributed by atoms with Crippen molar-refractivity contribution in [2.45, 2.75) is 18.7 Å². The van der Waals surface area contributed by atoms with Gasteiger partial charge in [0.2, 0.25) is 17.1 Å². The van der Waals surface area contributed by atoms with E-state index in [1.165, 1.54) is 11.0 Å². The van der Waals surface area contributed by atoms with Crippen LogP contribution in [0.25, 0.3) is 11.0 Å². The number of ether oxygens (including phenoxy) is 1. The van der Waals surface area contributed by atoms with Crippen molar-refractivity contribution in [3.8, 4) is 5.88 Å². The minimum Gasteiger partial charge on any atom is -0.469 e. The number of nitrogens with one attached hydrogen (secondary N) is 1. The SMILES string of the molecule is C=CC(=O)N1CC[C@@H](F)[C@H](Oc2nc(Cl)nc3[nH]ccc23)C1. The number of H-pyrrole nitrogens is 1. The zero-order valence-electron chi connectivity index (χ0n) is 11.6. The Hall–Kier alpha value is -2.15. The Morgan fingerprint density at radius 1 is 1.59 bits per heavy atom. The maximum Gasteiger partial charge on any atom is 0.246 e. The molecule has 1 fully saturated rings. The summed E-state index contributed by atoms with van der Waals surface area (Å²) in [4.78, 5) is 24.1. The van der Waals surface area contributed by atoms with Gasteiger partial charge in [-0.15, -0.1) is 0 Å². The van der Waals surface area contributed by atoms with Gasteiger partial charge < -0.3 is 14.6 Å². The number of hydrogen-bond acceptors (Lipinski definition) is 4. The van der Waals surface area contributed by atoms with E-state index in [1.807, 2.05) is 0 Å². The van der Waals surface area contributed by atoms with Crippen molar-refractivity contribution in [1.82, 2.24) is 19.9 Å². The number of rotatable bonds is 3. The first kappa shape index (κ1) is 14.8. The van der Waals surface area contributed by atoms with E-state index in [2.05, 4.69) is 21.5 Å². The van der Waals surface area contributed by atoms with Crippen LogP contribution in [0.3, 0.4) is 0 Å². The fourth-order valence-electron chi connectivity index (χ4n) is 2.45. The minimum absolute atomic E-state index is 0.00944. The van der Waals surface area contributed by atoms with Crippen molar-refractivity contribution in [3.63, 3.8) is 0 Å². The van der Waals surface area contributed by atoms with Crippen LogP contribution >= 0.6 is 11.6 Å². The summed E-state index contributed by atoms with van der Waals surface area (Å²) in [6, 6.07) is 1.73. The van der Waals surface area contributed by atoms with E-state index in [-0.39, 0.29) is 30.0 Å². The fraction of sp³-hybridized carbons (Fsp3) is 0.357. The minimum atomic E-state index is -1.18. The van der Waals surface area contributed by atoms with E-state index in [1.54, 1.807) is 12.3 Å². The number of aromatic nitrogens is 3. The van der Waals surface area contributed by atoms with Gasteiger partial charge in [-0.1, -0.05) is 6.58 Å². The molecule has 0 bridgehead atoms. The molecule has 1 amide bonds. The second-order valence-electron chi connectivity index (χ2n) is 4.99. The molecule has 3 rings (SSSR count). The van der Waals surface area contributed by atoms with E-state index < -0.39 is 12.3 Å². The zero-order valence-corrected chi connectivity index (χ0v) is 12.4. The molecular weight excluding hydrogens is 311 g/mol. The molecule has 3 heterocycles. The summed E-state index contributed by atoms with van der Waals surface area (Å²) in [6.07, 6.45) is 1.10. The lowest BCUT2D eigenvalue weighted by Crippen LogP contribution is -2.49. The smallest absolute Gasteiger partial charge is 0.246 e. The van der Waals surface area contributed by atoms with Gasteiger partial charge in [0.1, 0.15) is 17.9 Å². The molecule has 0 saturated carbocycles. The van der Waals surface area contributed by atoms with Crippen LogP contribution in [0.15, 0.2) is 24.9 Å². The van der Waals surface area contributed by atoms with Crippen LogP contribution < -0.4 is 4.74 Å². The third kappa shape index (κ3) is 2.76. The van der Waals surface area contributed by atoms with Crippen LogP contribution in [0.5, 0.6) is 5.88 Å². The fourth-order valence-corrected chi connectivity index (χ4v) is 2.61. The van der Waals surface area contributed by atoms with E-state index in [0.29, 0.717) is 17.6 Å². The Morgan fingerprint density at radius 2 is 2.41 bits per heavy atom. The Bertz CT molecular complexity index is 720. The van der Waals surface area contributed by atoms with Crippen molar-refractivity contribution >= 4 is 28.5 Å². The molecule has 1 aliphatic rings. The lowest BCUT2D eigenvalue weighted by atomic mass is 10.1. The number of halogens is 2. The molecule has 0 unspecified atom stereocenters. The van der Waals surface area contributed by atoms with E-state index in [0.717, 1.165) is 0 Å². The normalized spacial score (nSPS) is 21.8. The first-order valence-corrected chi connectivity index (χ1v) is 7.19. The number of fused-ring (bicyclic) bond motifs is 1. The summed E-state index contributed by atoms with van der Waals surface area (Å²) in [5.41, 5.74) is 0.514. The van der Waals surface area contributed by atoms with Crippen LogP contribution in [-0.2, 0) is 4.79 Å². The van der Waals surface area contributed by atoms with E-state index >= 15 is 0 Å². The first-order valence-electron chi connectivity index (χ1n) is 6.81. The predicted molar refractivity (Wildman–Crippen MR) is 79.6 cm³/mol. The monoisotopic (exact) mass is 324 g/mol. The molecule has 0 spiro atoms. The molecule has 2 aromatic rings. The molecule has 22 heavy (non-hydrogen) atoms. The highest BCUT2D eigenvalue weighted by atomic mass is 35.5. The second-order valence-corrected chi connectivity index (χ2v) is 5.33. The molecule has 1 aliphatic heterocycles. The molecule has 1 saturated heterocycles. The number of piperidine rings is 1. The van der Waals surface area contributed by atoms with Crippen LogP contribution in [-0.4, -0.2) is 51.1 Å². The molecule has 0 aromatic carbocycles. The highest BCUT2D eigenvalue weighted by molar-refractivity contribution is 6.28. The van der Waals surface area contributed by atoms with Crippen LogP contribution in [0.1, 0.15) is 6.42 Å². The Kier molecular flexibility index (Phi) is 3.98. The summed E-state index contributed by atoms with van der Waals surface area (Å²) in [5, 5.41) is 0.624. The van der Waals surface area contributed by atoms with Crippen LogP contribution in [0, 0.1) is 0 Å². The summed E-state index contributed by atoms with van der Waals surface area (Å²) in [7, 11) is 0. The van der Waals surface area contributed by atoms with Gasteiger partial charge in [0, 0.05) is 12.7 Å². The molecule has 0 aliphatic carbocycles. The summed E-state index contributed by atoms with van der Waals surface area (Å²) in [6.45, 7) is 3.92. The van der Waals surface area contributed by atoms with E-state index in [9.17, 15) is 9.18 Å². The number of alkyl halides is 1. The Morgan fingerprint density at radius 3 is 3.18 bits per heavy atom. The molecule has 2 aromatic heterocycles. The molecule has 0 radical (unpaired) electrons. The number of hydrogen-bond donors (Lipinski definition) is 1. The quantitative estimate of drug-likeness (QED) is 0.693. The lowest BCUT2D eigenvalue weighted by molar-refractivity contribution is -0.130. The molecule has 1 N–H and O–H groups in total. The average Bonchev–Trinajstić information content (AvgIpc) is 2.97. The van der Waals surface area contributed by atoms with Gasteiger partial charge >= 0.3 is 0 Å². The lowest BCUT2D eigenvalue weighted by Gasteiger charge is -2.34. The second kappa shape index (κ2) is 5.92. The topological polar surface area (TPSA) is 71.1 Å². The van der Waals surface area contributed by atoms with Crippen molar-refractivity contribution in [1.29, 1.82) is 0 Å². The maximum absolute atomic E-state index is 14.1. The van der Waals surface area contributed by atoms with Gasteiger partial charge in [-0.2, -0.15) is 9.97 Å². The van der Waals surface area contributed by atoms with Gasteiger partial charge in [0.15, 0.2) is 0 Å². The molecule has 8 heteroatoms. The highest BCUT2D eigenvalue weighted by Gasteiger charge is 2.33. The number of likely N-dealkylation sites (tertiary alicyclic amines) is 1. The van der Waals surface area contributed by atoms with Gasteiger partial charge in [0.05, 0.1) is 11.9 Å². The van der Waals surface area contributed by atoms with Crippen molar-refractivity contribution in [3.05, 3.63) is 30.2 Å². The van der Waals surface area contributed by atoms with Gasteiger partial charge in [-0.3, -0.25) is 4.79 Å². The first-order chi connectivity index (χ1) is 10.6. The zero-order chi connectivity index (χ0) is 15.7. The van der Waals surface area contributed by atoms with Gasteiger partial charge in [0.25, 0.3) is 0 Å². The third-order valence-electron chi connectivity index (χ3n) is 3.58. The summed E-state index contributed by atoms with van der Waals surface area (Å²) in [5.74, 6) is -0.0372. The predicted octanol–water partition coefficient (Wildman–Crippen LogP) is 2.12.